The monoisotopic (exact) mass is 402 g/mol. The Hall–Kier alpha value is -3.61. The lowest BCUT2D eigenvalue weighted by atomic mass is 10.2. The highest BCUT2D eigenvalue weighted by molar-refractivity contribution is 6.03. The number of carbonyl (C=O) groups is 1. The average molecular weight is 402 g/mol. The Morgan fingerprint density at radius 3 is 2.50 bits per heavy atom. The zero-order valence-corrected chi connectivity index (χ0v) is 16.5. The summed E-state index contributed by atoms with van der Waals surface area (Å²) >= 11 is 0. The maximum absolute atomic E-state index is 12.6. The molecule has 30 heavy (non-hydrogen) atoms. The highest BCUT2D eigenvalue weighted by Crippen LogP contribution is 2.31. The fourth-order valence-corrected chi connectivity index (χ4v) is 3.72. The van der Waals surface area contributed by atoms with Gasteiger partial charge in [0.05, 0.1) is 11.0 Å². The van der Waals surface area contributed by atoms with Crippen LogP contribution in [0.4, 0.5) is 11.6 Å². The normalized spacial score (nSPS) is 15.7. The van der Waals surface area contributed by atoms with Gasteiger partial charge in [-0.2, -0.15) is 0 Å². The standard InChI is InChI=1S/C23H22N4O3/c28-21(10-8-16-7-9-19-20(15-16)30-14-13-29-19)26-22-23(27-11-3-4-12-27)25-18-6-2-1-5-17(18)24-22/h1-2,5-10,15H,3-4,11-14H2,(H,24,26,28)/b10-8+. The Kier molecular flexibility index (Phi) is 4.93. The molecule has 7 nitrogen and oxygen atoms in total. The Bertz CT molecular complexity index is 1120. The van der Waals surface area contributed by atoms with Crippen LogP contribution in [0.3, 0.4) is 0 Å². The highest BCUT2D eigenvalue weighted by atomic mass is 16.6. The van der Waals surface area contributed by atoms with Gasteiger partial charge in [0.1, 0.15) is 13.2 Å². The summed E-state index contributed by atoms with van der Waals surface area (Å²) in [6, 6.07) is 13.3. The first-order valence-electron chi connectivity index (χ1n) is 10.2. The van der Waals surface area contributed by atoms with Gasteiger partial charge in [-0.25, -0.2) is 9.97 Å². The number of carbonyl (C=O) groups excluding carboxylic acids is 1. The summed E-state index contributed by atoms with van der Waals surface area (Å²) < 4.78 is 11.1. The third-order valence-electron chi connectivity index (χ3n) is 5.19. The van der Waals surface area contributed by atoms with Gasteiger partial charge in [0, 0.05) is 19.2 Å². The van der Waals surface area contributed by atoms with Crippen molar-refractivity contribution in [2.45, 2.75) is 12.8 Å². The predicted molar refractivity (Wildman–Crippen MR) is 116 cm³/mol. The summed E-state index contributed by atoms with van der Waals surface area (Å²) in [7, 11) is 0. The molecule has 0 bridgehead atoms. The molecular formula is C23H22N4O3. The van der Waals surface area contributed by atoms with E-state index in [0.717, 1.165) is 54.1 Å². The van der Waals surface area contributed by atoms with E-state index in [1.165, 1.54) is 6.08 Å². The van der Waals surface area contributed by atoms with Crippen molar-refractivity contribution in [3.05, 3.63) is 54.1 Å². The number of aromatic nitrogens is 2. The quantitative estimate of drug-likeness (QED) is 0.672. The Morgan fingerprint density at radius 2 is 1.70 bits per heavy atom. The lowest BCUT2D eigenvalue weighted by Gasteiger charge is -2.20. The molecule has 5 rings (SSSR count). The summed E-state index contributed by atoms with van der Waals surface area (Å²) in [5.74, 6) is 2.39. The molecule has 0 aliphatic carbocycles. The second-order valence-corrected chi connectivity index (χ2v) is 7.30. The second-order valence-electron chi connectivity index (χ2n) is 7.30. The van der Waals surface area contributed by atoms with Crippen molar-refractivity contribution in [2.75, 3.05) is 36.5 Å². The number of amides is 1. The summed E-state index contributed by atoms with van der Waals surface area (Å²) in [4.78, 5) is 24.3. The summed E-state index contributed by atoms with van der Waals surface area (Å²) in [5.41, 5.74) is 2.44. The van der Waals surface area contributed by atoms with E-state index >= 15 is 0 Å². The van der Waals surface area contributed by atoms with Gasteiger partial charge >= 0.3 is 0 Å². The third-order valence-corrected chi connectivity index (χ3v) is 5.19. The predicted octanol–water partition coefficient (Wildman–Crippen LogP) is 3.65. The Morgan fingerprint density at radius 1 is 0.967 bits per heavy atom. The number of para-hydroxylation sites is 2. The van der Waals surface area contributed by atoms with Crippen LogP contribution in [0.2, 0.25) is 0 Å². The molecule has 0 unspecified atom stereocenters. The first-order chi connectivity index (χ1) is 14.8. The number of hydrogen-bond donors (Lipinski definition) is 1. The fraction of sp³-hybridized carbons (Fsp3) is 0.261. The van der Waals surface area contributed by atoms with Gasteiger partial charge in [-0.1, -0.05) is 18.2 Å². The molecule has 2 aliphatic rings. The van der Waals surface area contributed by atoms with Crippen molar-refractivity contribution < 1.29 is 14.3 Å². The maximum Gasteiger partial charge on any atom is 0.249 e. The van der Waals surface area contributed by atoms with Crippen molar-refractivity contribution in [2.24, 2.45) is 0 Å². The topological polar surface area (TPSA) is 76.6 Å². The number of anilines is 2. The summed E-state index contributed by atoms with van der Waals surface area (Å²) in [6.07, 6.45) is 5.48. The molecule has 1 saturated heterocycles. The van der Waals surface area contributed by atoms with E-state index in [4.69, 9.17) is 14.5 Å². The van der Waals surface area contributed by atoms with Crippen LogP contribution in [-0.2, 0) is 4.79 Å². The van der Waals surface area contributed by atoms with Gasteiger partial charge in [-0.05, 0) is 48.7 Å². The third kappa shape index (κ3) is 3.78. The van der Waals surface area contributed by atoms with Crippen molar-refractivity contribution >= 4 is 34.7 Å². The number of nitrogens with one attached hydrogen (secondary N) is 1. The van der Waals surface area contributed by atoms with Crippen LogP contribution in [0, 0.1) is 0 Å². The SMILES string of the molecule is O=C(/C=C/c1ccc2c(c1)OCCO2)Nc1nc2ccccc2nc1N1CCCC1. The van der Waals surface area contributed by atoms with E-state index < -0.39 is 0 Å². The van der Waals surface area contributed by atoms with Crippen molar-refractivity contribution in [3.8, 4) is 11.5 Å². The van der Waals surface area contributed by atoms with Gasteiger partial charge < -0.3 is 19.7 Å². The molecule has 152 valence electrons. The molecule has 1 aromatic heterocycles. The van der Waals surface area contributed by atoms with Gasteiger partial charge in [0.15, 0.2) is 23.1 Å². The fourth-order valence-electron chi connectivity index (χ4n) is 3.72. The van der Waals surface area contributed by atoms with Crippen molar-refractivity contribution in [3.63, 3.8) is 0 Å². The molecule has 1 amide bonds. The minimum Gasteiger partial charge on any atom is -0.486 e. The molecule has 0 atom stereocenters. The van der Waals surface area contributed by atoms with Crippen LogP contribution < -0.4 is 19.7 Å². The molecule has 1 fully saturated rings. The van der Waals surface area contributed by atoms with E-state index in [0.29, 0.717) is 24.8 Å². The molecule has 0 radical (unpaired) electrons. The average Bonchev–Trinajstić information content (AvgIpc) is 3.32. The van der Waals surface area contributed by atoms with Crippen LogP contribution in [0.1, 0.15) is 18.4 Å². The van der Waals surface area contributed by atoms with E-state index in [9.17, 15) is 4.79 Å². The minimum absolute atomic E-state index is 0.255. The number of fused-ring (bicyclic) bond motifs is 2. The van der Waals surface area contributed by atoms with Gasteiger partial charge in [-0.3, -0.25) is 4.79 Å². The Balaban J connectivity index is 1.38. The number of benzene rings is 2. The summed E-state index contributed by atoms with van der Waals surface area (Å²) in [5, 5.41) is 2.92. The van der Waals surface area contributed by atoms with Crippen molar-refractivity contribution in [1.82, 2.24) is 9.97 Å². The van der Waals surface area contributed by atoms with Gasteiger partial charge in [0.25, 0.3) is 0 Å². The Labute approximate surface area is 174 Å². The molecular weight excluding hydrogens is 380 g/mol. The molecule has 2 aromatic carbocycles. The van der Waals surface area contributed by atoms with Crippen LogP contribution in [-0.4, -0.2) is 42.2 Å². The number of hydrogen-bond acceptors (Lipinski definition) is 6. The molecule has 7 heteroatoms. The highest BCUT2D eigenvalue weighted by Gasteiger charge is 2.20. The first-order valence-corrected chi connectivity index (χ1v) is 10.2. The smallest absolute Gasteiger partial charge is 0.249 e. The largest absolute Gasteiger partial charge is 0.486 e. The lowest BCUT2D eigenvalue weighted by molar-refractivity contribution is -0.111. The zero-order chi connectivity index (χ0) is 20.3. The first kappa shape index (κ1) is 18.4. The number of ether oxygens (including phenoxy) is 2. The lowest BCUT2D eigenvalue weighted by Crippen LogP contribution is -2.22. The van der Waals surface area contributed by atoms with Crippen LogP contribution in [0.25, 0.3) is 17.1 Å². The number of rotatable bonds is 4. The zero-order valence-electron chi connectivity index (χ0n) is 16.5. The van der Waals surface area contributed by atoms with E-state index in [-0.39, 0.29) is 5.91 Å². The van der Waals surface area contributed by atoms with Crippen LogP contribution in [0.5, 0.6) is 11.5 Å². The van der Waals surface area contributed by atoms with Crippen LogP contribution >= 0.6 is 0 Å². The van der Waals surface area contributed by atoms with E-state index in [1.807, 2.05) is 42.5 Å². The van der Waals surface area contributed by atoms with E-state index in [2.05, 4.69) is 15.2 Å². The van der Waals surface area contributed by atoms with E-state index in [1.54, 1.807) is 6.08 Å². The molecule has 3 heterocycles. The minimum atomic E-state index is -0.255. The maximum atomic E-state index is 12.6. The molecule has 0 spiro atoms. The summed E-state index contributed by atoms with van der Waals surface area (Å²) in [6.45, 7) is 2.92. The molecule has 2 aliphatic heterocycles. The molecule has 3 aromatic rings. The molecule has 1 N–H and O–H groups in total. The number of nitrogens with zero attached hydrogens (tertiary/aromatic N) is 3. The van der Waals surface area contributed by atoms with Gasteiger partial charge in [0.2, 0.25) is 5.91 Å². The second kappa shape index (κ2) is 8.02. The van der Waals surface area contributed by atoms with Gasteiger partial charge in [-0.15, -0.1) is 0 Å². The van der Waals surface area contributed by atoms with Crippen molar-refractivity contribution in [1.29, 1.82) is 0 Å². The van der Waals surface area contributed by atoms with Crippen LogP contribution in [0.15, 0.2) is 48.5 Å². The molecule has 0 saturated carbocycles.